The van der Waals surface area contributed by atoms with Crippen LogP contribution in [0.15, 0.2) is 12.1 Å². The Morgan fingerprint density at radius 1 is 1.25 bits per heavy atom. The van der Waals surface area contributed by atoms with Gasteiger partial charge in [0.05, 0.1) is 5.56 Å². The number of ketones is 1. The van der Waals surface area contributed by atoms with Gasteiger partial charge in [-0.05, 0) is 18.1 Å². The second-order valence-electron chi connectivity index (χ2n) is 5.70. The fraction of sp³-hybridized carbons (Fsp3) is 0.429. The molecule has 0 aliphatic heterocycles. The zero-order chi connectivity index (χ0) is 15.7. The Labute approximate surface area is 116 Å². The number of aromatic hydroxyl groups is 2. The molecule has 1 rings (SSSR count). The van der Waals surface area contributed by atoms with Crippen LogP contribution in [0.1, 0.15) is 36.7 Å². The number of carboxylic acid groups (broad SMARTS) is 1. The molecule has 20 heavy (non-hydrogen) atoms. The molecule has 0 radical (unpaired) electrons. The summed E-state index contributed by atoms with van der Waals surface area (Å²) in [7, 11) is 0. The molecule has 0 amide bonds. The van der Waals surface area contributed by atoms with Gasteiger partial charge >= 0.3 is 5.97 Å². The Morgan fingerprint density at radius 3 is 2.25 bits per heavy atom. The first-order chi connectivity index (χ1) is 9.05. The minimum atomic E-state index is -1.20. The molecule has 1 atom stereocenters. The first-order valence-corrected chi connectivity index (χ1v) is 6.12. The lowest BCUT2D eigenvalue weighted by Crippen LogP contribution is -2.33. The molecule has 6 nitrogen and oxygen atoms in total. The molecule has 0 aliphatic rings. The van der Waals surface area contributed by atoms with E-state index in [-0.39, 0.29) is 12.0 Å². The van der Waals surface area contributed by atoms with Crippen molar-refractivity contribution < 1.29 is 24.9 Å². The average Bonchev–Trinajstić information content (AvgIpc) is 2.32. The third-order valence-corrected chi connectivity index (χ3v) is 2.91. The van der Waals surface area contributed by atoms with E-state index in [9.17, 15) is 19.8 Å². The smallest absolute Gasteiger partial charge is 0.320 e. The summed E-state index contributed by atoms with van der Waals surface area (Å²) in [5, 5.41) is 28.3. The Balaban J connectivity index is 3.36. The molecule has 0 spiro atoms. The van der Waals surface area contributed by atoms with Crippen molar-refractivity contribution >= 4 is 11.8 Å². The molecule has 6 heteroatoms. The van der Waals surface area contributed by atoms with Crippen molar-refractivity contribution in [2.45, 2.75) is 33.2 Å². The van der Waals surface area contributed by atoms with Crippen LogP contribution in [0.4, 0.5) is 0 Å². The molecule has 110 valence electrons. The van der Waals surface area contributed by atoms with E-state index in [4.69, 9.17) is 10.8 Å². The number of phenolic OH excluding ortho intramolecular Hbond substituents is 2. The summed E-state index contributed by atoms with van der Waals surface area (Å²) in [6.45, 7) is 5.00. The van der Waals surface area contributed by atoms with Gasteiger partial charge in [-0.25, -0.2) is 0 Å². The Kier molecular flexibility index (Phi) is 4.39. The normalized spacial score (nSPS) is 13.0. The average molecular weight is 281 g/mol. The highest BCUT2D eigenvalue weighted by Gasteiger charge is 2.30. The van der Waals surface area contributed by atoms with Gasteiger partial charge < -0.3 is 21.1 Å². The minimum absolute atomic E-state index is 0.0748. The topological polar surface area (TPSA) is 121 Å². The van der Waals surface area contributed by atoms with Crippen LogP contribution in [0, 0.1) is 5.41 Å². The van der Waals surface area contributed by atoms with Crippen molar-refractivity contribution in [3.63, 3.8) is 0 Å². The molecule has 0 fully saturated rings. The van der Waals surface area contributed by atoms with E-state index in [0.29, 0.717) is 5.56 Å². The van der Waals surface area contributed by atoms with Gasteiger partial charge in [0, 0.05) is 5.41 Å². The fourth-order valence-electron chi connectivity index (χ4n) is 1.74. The molecular formula is C14H19NO5. The number of benzene rings is 1. The van der Waals surface area contributed by atoms with Crippen molar-refractivity contribution in [2.24, 2.45) is 11.1 Å². The monoisotopic (exact) mass is 281 g/mol. The predicted octanol–water partition coefficient (Wildman–Crippen LogP) is 1.28. The largest absolute Gasteiger partial charge is 0.504 e. The van der Waals surface area contributed by atoms with Crippen LogP contribution in [-0.4, -0.2) is 33.1 Å². The summed E-state index contributed by atoms with van der Waals surface area (Å²) in [4.78, 5) is 23.2. The van der Waals surface area contributed by atoms with Gasteiger partial charge in [-0.3, -0.25) is 9.59 Å². The summed E-state index contributed by atoms with van der Waals surface area (Å²) < 4.78 is 0. The highest BCUT2D eigenvalue weighted by Crippen LogP contribution is 2.36. The summed E-state index contributed by atoms with van der Waals surface area (Å²) >= 11 is 0. The number of phenols is 2. The Hall–Kier alpha value is -2.08. The number of aliphatic carboxylic acids is 1. The van der Waals surface area contributed by atoms with Crippen molar-refractivity contribution in [2.75, 3.05) is 0 Å². The first-order valence-electron chi connectivity index (χ1n) is 6.12. The van der Waals surface area contributed by atoms with Crippen molar-refractivity contribution in [1.82, 2.24) is 0 Å². The zero-order valence-corrected chi connectivity index (χ0v) is 11.7. The summed E-state index contributed by atoms with van der Waals surface area (Å²) in [6.07, 6.45) is -0.111. The van der Waals surface area contributed by atoms with E-state index in [2.05, 4.69) is 0 Å². The predicted molar refractivity (Wildman–Crippen MR) is 72.9 cm³/mol. The van der Waals surface area contributed by atoms with Crippen LogP contribution in [0.25, 0.3) is 0 Å². The van der Waals surface area contributed by atoms with Crippen LogP contribution < -0.4 is 5.73 Å². The van der Waals surface area contributed by atoms with Crippen molar-refractivity contribution in [1.29, 1.82) is 0 Å². The molecule has 5 N–H and O–H groups in total. The highest BCUT2D eigenvalue weighted by atomic mass is 16.4. The quantitative estimate of drug-likeness (QED) is 0.487. The van der Waals surface area contributed by atoms with E-state index < -0.39 is 34.7 Å². The van der Waals surface area contributed by atoms with Gasteiger partial charge in [0.1, 0.15) is 6.04 Å². The minimum Gasteiger partial charge on any atom is -0.504 e. The van der Waals surface area contributed by atoms with Crippen LogP contribution in [0.3, 0.4) is 0 Å². The molecule has 1 aromatic carbocycles. The lowest BCUT2D eigenvalue weighted by atomic mass is 9.83. The van der Waals surface area contributed by atoms with Gasteiger partial charge in [-0.15, -0.1) is 0 Å². The number of hydrogen-bond acceptors (Lipinski definition) is 5. The standard InChI is InChI=1S/C14H19NO5/c1-14(2,3)12(18)10-7(6-8(15)13(19)20)4-5-9(16)11(10)17/h4-5,8,16-17H,6,15H2,1-3H3,(H,19,20)/t8-/m0/s1. The molecule has 0 bridgehead atoms. The van der Waals surface area contributed by atoms with E-state index in [0.717, 1.165) is 0 Å². The lowest BCUT2D eigenvalue weighted by molar-refractivity contribution is -0.138. The third-order valence-electron chi connectivity index (χ3n) is 2.91. The van der Waals surface area contributed by atoms with Crippen molar-refractivity contribution in [3.05, 3.63) is 23.3 Å². The lowest BCUT2D eigenvalue weighted by Gasteiger charge is -2.21. The van der Waals surface area contributed by atoms with Crippen LogP contribution >= 0.6 is 0 Å². The molecule has 0 heterocycles. The van der Waals surface area contributed by atoms with Crippen LogP contribution in [0.5, 0.6) is 11.5 Å². The van der Waals surface area contributed by atoms with Gasteiger partial charge in [0.25, 0.3) is 0 Å². The number of carbonyl (C=O) groups excluding carboxylic acids is 1. The van der Waals surface area contributed by atoms with Gasteiger partial charge in [-0.1, -0.05) is 26.8 Å². The molecule has 1 aromatic rings. The van der Waals surface area contributed by atoms with E-state index in [1.54, 1.807) is 20.8 Å². The van der Waals surface area contributed by atoms with E-state index in [1.807, 2.05) is 0 Å². The van der Waals surface area contributed by atoms with Gasteiger partial charge in [0.15, 0.2) is 17.3 Å². The van der Waals surface area contributed by atoms with Gasteiger partial charge in [0.2, 0.25) is 0 Å². The molecule has 0 saturated heterocycles. The maximum Gasteiger partial charge on any atom is 0.320 e. The summed E-state index contributed by atoms with van der Waals surface area (Å²) in [5.41, 5.74) is 4.90. The highest BCUT2D eigenvalue weighted by molar-refractivity contribution is 6.04. The molecular weight excluding hydrogens is 262 g/mol. The van der Waals surface area contributed by atoms with E-state index >= 15 is 0 Å². The van der Waals surface area contributed by atoms with Gasteiger partial charge in [-0.2, -0.15) is 0 Å². The summed E-state index contributed by atoms with van der Waals surface area (Å²) in [5.74, 6) is -2.56. The fourth-order valence-corrected chi connectivity index (χ4v) is 1.74. The summed E-state index contributed by atoms with van der Waals surface area (Å²) in [6, 6.07) is 1.42. The Morgan fingerprint density at radius 2 is 1.80 bits per heavy atom. The van der Waals surface area contributed by atoms with Crippen LogP contribution in [0.2, 0.25) is 0 Å². The number of carboxylic acids is 1. The SMILES string of the molecule is CC(C)(C)C(=O)c1c(C[C@H](N)C(=O)O)ccc(O)c1O. The second-order valence-corrected chi connectivity index (χ2v) is 5.70. The molecule has 0 saturated carbocycles. The Bertz CT molecular complexity index is 545. The number of carbonyl (C=O) groups is 2. The first kappa shape index (κ1) is 16.0. The molecule has 0 aliphatic carbocycles. The number of Topliss-reactive ketones (excluding diaryl/α,β-unsaturated/α-hetero) is 1. The maximum absolute atomic E-state index is 12.4. The van der Waals surface area contributed by atoms with Crippen molar-refractivity contribution in [3.8, 4) is 11.5 Å². The van der Waals surface area contributed by atoms with Crippen LogP contribution in [-0.2, 0) is 11.2 Å². The number of rotatable bonds is 4. The van der Waals surface area contributed by atoms with E-state index in [1.165, 1.54) is 12.1 Å². The maximum atomic E-state index is 12.4. The number of hydrogen-bond donors (Lipinski definition) is 4. The second kappa shape index (κ2) is 5.50. The molecule has 0 unspecified atom stereocenters. The zero-order valence-electron chi connectivity index (χ0n) is 11.7. The number of nitrogens with two attached hydrogens (primary N) is 1. The molecule has 0 aromatic heterocycles. The third kappa shape index (κ3) is 3.27.